The van der Waals surface area contributed by atoms with Crippen LogP contribution >= 0.6 is 0 Å². The van der Waals surface area contributed by atoms with Gasteiger partial charge in [-0.05, 0) is 45.7 Å². The first-order chi connectivity index (χ1) is 7.19. The highest BCUT2D eigenvalue weighted by Crippen LogP contribution is 2.26. The molecule has 1 N–H and O–H groups in total. The molecule has 0 amide bonds. The van der Waals surface area contributed by atoms with Crippen molar-refractivity contribution in [2.24, 2.45) is 5.16 Å². The van der Waals surface area contributed by atoms with Gasteiger partial charge in [0.1, 0.15) is 0 Å². The summed E-state index contributed by atoms with van der Waals surface area (Å²) in [4.78, 5) is 2.48. The van der Waals surface area contributed by atoms with E-state index in [4.69, 9.17) is 5.21 Å². The molecule has 0 bridgehead atoms. The molecule has 1 rings (SSSR count). The van der Waals surface area contributed by atoms with Crippen molar-refractivity contribution >= 4 is 5.71 Å². The molecule has 0 aliphatic carbocycles. The molecule has 0 aromatic heterocycles. The van der Waals surface area contributed by atoms with E-state index >= 15 is 0 Å². The van der Waals surface area contributed by atoms with E-state index in [0.29, 0.717) is 0 Å². The molecular formula is C12H24N2O. The van der Waals surface area contributed by atoms with E-state index in [0.717, 1.165) is 31.6 Å². The number of oxime groups is 1. The lowest BCUT2D eigenvalue weighted by molar-refractivity contribution is 0.124. The van der Waals surface area contributed by atoms with Crippen LogP contribution in [-0.4, -0.2) is 34.4 Å². The van der Waals surface area contributed by atoms with E-state index in [1.54, 1.807) is 0 Å². The predicted octanol–water partition coefficient (Wildman–Crippen LogP) is 2.88. The molecule has 0 saturated carbocycles. The third kappa shape index (κ3) is 2.51. The minimum Gasteiger partial charge on any atom is -0.411 e. The third-order valence-electron chi connectivity index (χ3n) is 3.82. The lowest BCUT2D eigenvalue weighted by Crippen LogP contribution is -2.53. The zero-order valence-electron chi connectivity index (χ0n) is 10.3. The Bertz CT molecular complexity index is 222. The average molecular weight is 212 g/mol. The summed E-state index contributed by atoms with van der Waals surface area (Å²) in [7, 11) is 0. The molecule has 0 radical (unpaired) electrons. The van der Waals surface area contributed by atoms with Crippen molar-refractivity contribution in [3.63, 3.8) is 0 Å². The number of piperidine rings is 1. The fourth-order valence-corrected chi connectivity index (χ4v) is 2.56. The van der Waals surface area contributed by atoms with Gasteiger partial charge >= 0.3 is 0 Å². The van der Waals surface area contributed by atoms with E-state index in [2.05, 4.69) is 30.8 Å². The Morgan fingerprint density at radius 1 is 1.27 bits per heavy atom. The highest BCUT2D eigenvalue weighted by molar-refractivity contribution is 5.92. The van der Waals surface area contributed by atoms with Crippen LogP contribution in [-0.2, 0) is 0 Å². The average Bonchev–Trinajstić information content (AvgIpc) is 2.31. The van der Waals surface area contributed by atoms with Crippen molar-refractivity contribution in [3.05, 3.63) is 0 Å². The molecule has 1 atom stereocenters. The van der Waals surface area contributed by atoms with Crippen LogP contribution in [0.4, 0.5) is 0 Å². The van der Waals surface area contributed by atoms with Gasteiger partial charge in [-0.3, -0.25) is 4.90 Å². The summed E-state index contributed by atoms with van der Waals surface area (Å²) in [5, 5.41) is 12.6. The van der Waals surface area contributed by atoms with Crippen LogP contribution in [0.15, 0.2) is 5.16 Å². The zero-order chi connectivity index (χ0) is 11.3. The van der Waals surface area contributed by atoms with Crippen molar-refractivity contribution in [3.8, 4) is 0 Å². The summed E-state index contributed by atoms with van der Waals surface area (Å²) in [6, 6.07) is 0. The quantitative estimate of drug-likeness (QED) is 0.442. The molecule has 88 valence electrons. The number of nitrogens with zero attached hydrogens (tertiary/aromatic N) is 2. The van der Waals surface area contributed by atoms with Gasteiger partial charge in [0.2, 0.25) is 0 Å². The SMILES string of the molecule is CC/C(=N\O)C(C)(CC)N1CCCCC1. The van der Waals surface area contributed by atoms with Gasteiger partial charge < -0.3 is 5.21 Å². The van der Waals surface area contributed by atoms with Crippen LogP contribution < -0.4 is 0 Å². The fraction of sp³-hybridized carbons (Fsp3) is 0.917. The first kappa shape index (κ1) is 12.5. The second-order valence-corrected chi connectivity index (χ2v) is 4.58. The van der Waals surface area contributed by atoms with Gasteiger partial charge in [-0.25, -0.2) is 0 Å². The molecule has 3 nitrogen and oxygen atoms in total. The lowest BCUT2D eigenvalue weighted by atomic mass is 9.87. The van der Waals surface area contributed by atoms with Crippen LogP contribution in [0.5, 0.6) is 0 Å². The Hall–Kier alpha value is -0.570. The Labute approximate surface area is 93.2 Å². The van der Waals surface area contributed by atoms with E-state index in [1.807, 2.05) is 0 Å². The van der Waals surface area contributed by atoms with Crippen molar-refractivity contribution in [2.75, 3.05) is 13.1 Å². The largest absolute Gasteiger partial charge is 0.411 e. The second-order valence-electron chi connectivity index (χ2n) is 4.58. The van der Waals surface area contributed by atoms with E-state index in [-0.39, 0.29) is 5.54 Å². The van der Waals surface area contributed by atoms with Gasteiger partial charge in [0, 0.05) is 0 Å². The molecule has 1 aliphatic rings. The maximum absolute atomic E-state index is 9.08. The van der Waals surface area contributed by atoms with Gasteiger partial charge in [0.25, 0.3) is 0 Å². The zero-order valence-corrected chi connectivity index (χ0v) is 10.3. The maximum atomic E-state index is 9.08. The Balaban J connectivity index is 2.81. The molecular weight excluding hydrogens is 188 g/mol. The molecule has 1 unspecified atom stereocenters. The van der Waals surface area contributed by atoms with Gasteiger partial charge in [-0.15, -0.1) is 0 Å². The van der Waals surface area contributed by atoms with Crippen LogP contribution in [0.3, 0.4) is 0 Å². The molecule has 1 aliphatic heterocycles. The van der Waals surface area contributed by atoms with E-state index < -0.39 is 0 Å². The van der Waals surface area contributed by atoms with Crippen molar-refractivity contribution in [1.82, 2.24) is 4.90 Å². The van der Waals surface area contributed by atoms with E-state index in [1.165, 1.54) is 19.3 Å². The van der Waals surface area contributed by atoms with Gasteiger partial charge in [0.15, 0.2) is 0 Å². The Kier molecular flexibility index (Phi) is 4.58. The molecule has 3 heteroatoms. The van der Waals surface area contributed by atoms with Crippen molar-refractivity contribution < 1.29 is 5.21 Å². The topological polar surface area (TPSA) is 35.8 Å². The summed E-state index contributed by atoms with van der Waals surface area (Å²) in [6.45, 7) is 8.73. The Morgan fingerprint density at radius 2 is 1.87 bits per heavy atom. The number of hydrogen-bond acceptors (Lipinski definition) is 3. The summed E-state index contributed by atoms with van der Waals surface area (Å²) < 4.78 is 0. The minimum absolute atomic E-state index is 0.0378. The lowest BCUT2D eigenvalue weighted by Gasteiger charge is -2.43. The minimum atomic E-state index is -0.0378. The highest BCUT2D eigenvalue weighted by Gasteiger charge is 2.35. The van der Waals surface area contributed by atoms with E-state index in [9.17, 15) is 0 Å². The van der Waals surface area contributed by atoms with Crippen molar-refractivity contribution in [1.29, 1.82) is 0 Å². The number of hydrogen-bond donors (Lipinski definition) is 1. The normalized spacial score (nSPS) is 23.8. The molecule has 1 fully saturated rings. The monoisotopic (exact) mass is 212 g/mol. The summed E-state index contributed by atoms with van der Waals surface area (Å²) >= 11 is 0. The van der Waals surface area contributed by atoms with Crippen molar-refractivity contribution in [2.45, 2.75) is 58.4 Å². The van der Waals surface area contributed by atoms with Crippen LogP contribution in [0.1, 0.15) is 52.9 Å². The molecule has 0 aromatic carbocycles. The smallest absolute Gasteiger partial charge is 0.0767 e. The molecule has 15 heavy (non-hydrogen) atoms. The molecule has 1 saturated heterocycles. The van der Waals surface area contributed by atoms with Gasteiger partial charge in [0.05, 0.1) is 11.3 Å². The van der Waals surface area contributed by atoms with Crippen LogP contribution in [0.2, 0.25) is 0 Å². The molecule has 0 spiro atoms. The number of rotatable bonds is 4. The molecule has 1 heterocycles. The number of likely N-dealkylation sites (tertiary alicyclic amines) is 1. The van der Waals surface area contributed by atoms with Crippen LogP contribution in [0.25, 0.3) is 0 Å². The second kappa shape index (κ2) is 5.50. The summed E-state index contributed by atoms with van der Waals surface area (Å²) in [5.74, 6) is 0. The first-order valence-corrected chi connectivity index (χ1v) is 6.15. The first-order valence-electron chi connectivity index (χ1n) is 6.15. The maximum Gasteiger partial charge on any atom is 0.0767 e. The predicted molar refractivity (Wildman–Crippen MR) is 63.6 cm³/mol. The Morgan fingerprint density at radius 3 is 2.27 bits per heavy atom. The third-order valence-corrected chi connectivity index (χ3v) is 3.82. The molecule has 0 aromatic rings. The van der Waals surface area contributed by atoms with Gasteiger partial charge in [-0.1, -0.05) is 25.4 Å². The van der Waals surface area contributed by atoms with Crippen LogP contribution in [0, 0.1) is 0 Å². The fourth-order valence-electron chi connectivity index (χ4n) is 2.56. The van der Waals surface area contributed by atoms with Gasteiger partial charge in [-0.2, -0.15) is 0 Å². The summed E-state index contributed by atoms with van der Waals surface area (Å²) in [6.07, 6.45) is 5.74. The standard InChI is InChI=1S/C12H24N2O/c1-4-11(13-15)12(3,5-2)14-9-7-6-8-10-14/h15H,4-10H2,1-3H3/b13-11+. The highest BCUT2D eigenvalue weighted by atomic mass is 16.4. The summed E-state index contributed by atoms with van der Waals surface area (Å²) in [5.41, 5.74) is 0.885.